The van der Waals surface area contributed by atoms with Crippen molar-refractivity contribution < 1.29 is 23.9 Å². The van der Waals surface area contributed by atoms with E-state index in [0.29, 0.717) is 32.5 Å². The molecular formula is C32H55N3O5. The molecule has 1 saturated carbocycles. The van der Waals surface area contributed by atoms with E-state index < -0.39 is 11.0 Å². The van der Waals surface area contributed by atoms with Crippen molar-refractivity contribution in [2.24, 2.45) is 22.7 Å². The number of ether oxygens (including phenoxy) is 1. The van der Waals surface area contributed by atoms with Crippen LogP contribution in [0.2, 0.25) is 0 Å². The maximum absolute atomic E-state index is 13.0. The van der Waals surface area contributed by atoms with Crippen LogP contribution in [0.15, 0.2) is 12.2 Å². The Balaban J connectivity index is 1.66. The summed E-state index contributed by atoms with van der Waals surface area (Å²) in [4.78, 5) is 50.6. The Bertz CT molecular complexity index is 919. The number of carbonyl (C=O) groups is 4. The summed E-state index contributed by atoms with van der Waals surface area (Å²) in [5.74, 6) is -0.0969. The van der Waals surface area contributed by atoms with Gasteiger partial charge in [0.25, 0.3) is 11.8 Å². The zero-order chi connectivity index (χ0) is 30.4. The van der Waals surface area contributed by atoms with Crippen LogP contribution >= 0.6 is 0 Å². The molecule has 8 heteroatoms. The second-order valence-corrected chi connectivity index (χ2v) is 15.0. The van der Waals surface area contributed by atoms with Crippen LogP contribution in [0, 0.1) is 22.7 Å². The highest BCUT2D eigenvalue weighted by atomic mass is 16.5. The van der Waals surface area contributed by atoms with Gasteiger partial charge in [-0.1, -0.05) is 34.6 Å². The second-order valence-electron chi connectivity index (χ2n) is 15.0. The highest BCUT2D eigenvalue weighted by Gasteiger charge is 2.34. The van der Waals surface area contributed by atoms with Gasteiger partial charge in [-0.3, -0.25) is 24.1 Å². The maximum atomic E-state index is 13.0. The zero-order valence-corrected chi connectivity index (χ0v) is 26.6. The molecule has 0 aromatic carbocycles. The Morgan fingerprint density at radius 1 is 0.850 bits per heavy atom. The first kappa shape index (κ1) is 34.0. The predicted octanol–water partition coefficient (Wildman–Crippen LogP) is 5.16. The molecule has 1 aliphatic heterocycles. The quantitative estimate of drug-likeness (QED) is 0.285. The molecule has 8 nitrogen and oxygen atoms in total. The lowest BCUT2D eigenvalue weighted by atomic mass is 9.79. The molecule has 0 aromatic heterocycles. The van der Waals surface area contributed by atoms with E-state index in [2.05, 4.69) is 31.4 Å². The van der Waals surface area contributed by atoms with Crippen molar-refractivity contribution >= 4 is 23.6 Å². The Labute approximate surface area is 242 Å². The average molecular weight is 562 g/mol. The summed E-state index contributed by atoms with van der Waals surface area (Å²) in [6, 6.07) is 0. The monoisotopic (exact) mass is 561 g/mol. The molecule has 0 bridgehead atoms. The van der Waals surface area contributed by atoms with Gasteiger partial charge in [0.2, 0.25) is 11.8 Å². The van der Waals surface area contributed by atoms with Crippen LogP contribution in [0.5, 0.6) is 0 Å². The molecule has 0 aromatic rings. The van der Waals surface area contributed by atoms with Gasteiger partial charge in [-0.25, -0.2) is 0 Å². The highest BCUT2D eigenvalue weighted by Crippen LogP contribution is 2.32. The molecule has 0 spiro atoms. The van der Waals surface area contributed by atoms with Gasteiger partial charge in [0, 0.05) is 48.7 Å². The number of hydrogen-bond acceptors (Lipinski definition) is 5. The van der Waals surface area contributed by atoms with Crippen molar-refractivity contribution in [3.8, 4) is 0 Å². The molecule has 2 N–H and O–H groups in total. The first-order valence-corrected chi connectivity index (χ1v) is 15.1. The zero-order valence-electron chi connectivity index (χ0n) is 26.6. The predicted molar refractivity (Wildman–Crippen MR) is 158 cm³/mol. The Morgan fingerprint density at radius 3 is 1.98 bits per heavy atom. The Hall–Kier alpha value is -2.22. The van der Waals surface area contributed by atoms with Crippen LogP contribution < -0.4 is 10.6 Å². The summed E-state index contributed by atoms with van der Waals surface area (Å²) in [5.41, 5.74) is -1.02. The van der Waals surface area contributed by atoms with Gasteiger partial charge >= 0.3 is 0 Å². The van der Waals surface area contributed by atoms with Crippen molar-refractivity contribution in [2.75, 3.05) is 19.7 Å². The van der Waals surface area contributed by atoms with Crippen LogP contribution in [0.4, 0.5) is 0 Å². The summed E-state index contributed by atoms with van der Waals surface area (Å²) in [6.45, 7) is 20.2. The molecule has 2 aliphatic rings. The molecule has 228 valence electrons. The Morgan fingerprint density at radius 2 is 1.43 bits per heavy atom. The Kier molecular flexibility index (Phi) is 11.6. The second kappa shape index (κ2) is 13.6. The summed E-state index contributed by atoms with van der Waals surface area (Å²) in [7, 11) is 0. The van der Waals surface area contributed by atoms with Gasteiger partial charge in [0.1, 0.15) is 0 Å². The third-order valence-electron chi connectivity index (χ3n) is 8.37. The van der Waals surface area contributed by atoms with E-state index >= 15 is 0 Å². The summed E-state index contributed by atoms with van der Waals surface area (Å²) >= 11 is 0. The largest absolute Gasteiger partial charge is 0.375 e. The molecule has 0 saturated heterocycles. The highest BCUT2D eigenvalue weighted by molar-refractivity contribution is 6.12. The minimum atomic E-state index is -0.425. The van der Waals surface area contributed by atoms with E-state index in [1.54, 1.807) is 0 Å². The smallest absolute Gasteiger partial charge is 0.253 e. The fourth-order valence-corrected chi connectivity index (χ4v) is 5.10. The lowest BCUT2D eigenvalue weighted by Crippen LogP contribution is -2.50. The molecule has 4 amide bonds. The minimum absolute atomic E-state index is 0.0274. The number of imide groups is 1. The lowest BCUT2D eigenvalue weighted by molar-refractivity contribution is -0.138. The summed E-state index contributed by atoms with van der Waals surface area (Å²) in [5, 5.41) is 6.30. The molecule has 0 atom stereocenters. The van der Waals surface area contributed by atoms with Gasteiger partial charge in [0.05, 0.1) is 5.60 Å². The van der Waals surface area contributed by atoms with Crippen molar-refractivity contribution in [3.63, 3.8) is 0 Å². The molecule has 0 radical (unpaired) electrons. The number of carbonyl (C=O) groups excluding carboxylic acids is 4. The van der Waals surface area contributed by atoms with Gasteiger partial charge < -0.3 is 15.4 Å². The number of amides is 4. The average Bonchev–Trinajstić information content (AvgIpc) is 3.14. The summed E-state index contributed by atoms with van der Waals surface area (Å²) in [6.07, 6.45) is 9.07. The lowest BCUT2D eigenvalue weighted by Gasteiger charge is -2.34. The van der Waals surface area contributed by atoms with Crippen molar-refractivity contribution in [3.05, 3.63) is 12.2 Å². The number of nitrogens with zero attached hydrogens (tertiary/aromatic N) is 1. The number of nitrogens with one attached hydrogen (secondary N) is 2. The van der Waals surface area contributed by atoms with Crippen LogP contribution in [0.3, 0.4) is 0 Å². The van der Waals surface area contributed by atoms with Crippen LogP contribution in [0.25, 0.3) is 0 Å². The van der Waals surface area contributed by atoms with E-state index in [-0.39, 0.29) is 46.4 Å². The van der Waals surface area contributed by atoms with Crippen molar-refractivity contribution in [1.29, 1.82) is 0 Å². The van der Waals surface area contributed by atoms with Gasteiger partial charge in [-0.05, 0) is 90.4 Å². The third kappa shape index (κ3) is 11.3. The van der Waals surface area contributed by atoms with Crippen LogP contribution in [-0.4, -0.2) is 59.4 Å². The van der Waals surface area contributed by atoms with Crippen LogP contribution in [-0.2, 0) is 23.9 Å². The topological polar surface area (TPSA) is 105 Å². The molecule has 40 heavy (non-hydrogen) atoms. The van der Waals surface area contributed by atoms with Crippen molar-refractivity contribution in [1.82, 2.24) is 15.5 Å². The SMILES string of the molecule is CC(C)(C)CCC(C)(C)C(=O)NC(C)(C)CCOC(C)(C)CCNC(=O)C1CCC(CN2C(=O)C=CC2=O)CC1. The first-order chi connectivity index (χ1) is 18.3. The van der Waals surface area contributed by atoms with E-state index in [0.717, 1.165) is 38.5 Å². The van der Waals surface area contributed by atoms with E-state index in [1.165, 1.54) is 17.1 Å². The molecule has 1 heterocycles. The van der Waals surface area contributed by atoms with E-state index in [9.17, 15) is 19.2 Å². The normalized spacial score (nSPS) is 20.7. The van der Waals surface area contributed by atoms with Gasteiger partial charge in [-0.15, -0.1) is 0 Å². The molecule has 2 rings (SSSR count). The van der Waals surface area contributed by atoms with Gasteiger partial charge in [0.15, 0.2) is 0 Å². The van der Waals surface area contributed by atoms with Crippen molar-refractivity contribution in [2.45, 2.75) is 125 Å². The van der Waals surface area contributed by atoms with E-state index in [1.807, 2.05) is 41.5 Å². The van der Waals surface area contributed by atoms with Crippen LogP contribution in [0.1, 0.15) is 114 Å². The van der Waals surface area contributed by atoms with Gasteiger partial charge in [-0.2, -0.15) is 0 Å². The summed E-state index contributed by atoms with van der Waals surface area (Å²) < 4.78 is 6.18. The minimum Gasteiger partial charge on any atom is -0.375 e. The molecule has 0 unspecified atom stereocenters. The standard InChI is InChI=1S/C32H55N3O5/c1-29(2,3)16-17-30(4,5)28(39)34-31(6,7)19-21-40-32(8,9)18-20-33-27(38)24-12-10-23(11-13-24)22-35-25(36)14-15-26(35)37/h14-15,23-24H,10-13,16-22H2,1-9H3,(H,33,38)(H,34,39). The first-order valence-electron chi connectivity index (χ1n) is 15.1. The fraction of sp³-hybridized carbons (Fsp3) is 0.812. The molecular weight excluding hydrogens is 506 g/mol. The fourth-order valence-electron chi connectivity index (χ4n) is 5.10. The molecule has 1 aliphatic carbocycles. The van der Waals surface area contributed by atoms with E-state index in [4.69, 9.17) is 4.74 Å². The number of hydrogen-bond donors (Lipinski definition) is 2. The molecule has 1 fully saturated rings. The third-order valence-corrected chi connectivity index (χ3v) is 8.37. The maximum Gasteiger partial charge on any atom is 0.253 e. The number of rotatable bonds is 14.